The van der Waals surface area contributed by atoms with Gasteiger partial charge in [-0.1, -0.05) is 11.6 Å². The molecule has 16 heavy (non-hydrogen) atoms. The Labute approximate surface area is 97.8 Å². The Morgan fingerprint density at radius 3 is 3.00 bits per heavy atom. The average molecular weight is 240 g/mol. The highest BCUT2D eigenvalue weighted by Crippen LogP contribution is 2.40. The molecule has 1 aromatic rings. The zero-order valence-electron chi connectivity index (χ0n) is 8.75. The molecule has 0 saturated carbocycles. The van der Waals surface area contributed by atoms with E-state index < -0.39 is 0 Å². The molecule has 1 aliphatic rings. The van der Waals surface area contributed by atoms with E-state index in [2.05, 4.69) is 4.99 Å². The molecule has 0 amide bonds. The molecule has 0 atom stereocenters. The van der Waals surface area contributed by atoms with Gasteiger partial charge in [0, 0.05) is 5.56 Å². The molecule has 0 bridgehead atoms. The molecule has 2 rings (SSSR count). The molecule has 0 radical (unpaired) electrons. The van der Waals surface area contributed by atoms with Crippen LogP contribution in [0.3, 0.4) is 0 Å². The van der Waals surface area contributed by atoms with Gasteiger partial charge in [-0.15, -0.1) is 0 Å². The summed E-state index contributed by atoms with van der Waals surface area (Å²) in [7, 11) is 0. The maximum absolute atomic E-state index is 10.1. The number of hydrogen-bond acceptors (Lipinski definition) is 4. The molecular formula is C11H10ClNO3. The van der Waals surface area contributed by atoms with Crippen LogP contribution in [0.1, 0.15) is 11.1 Å². The third-order valence-electron chi connectivity index (χ3n) is 2.38. The van der Waals surface area contributed by atoms with Crippen molar-refractivity contribution in [1.82, 2.24) is 0 Å². The number of hydrogen-bond donors (Lipinski definition) is 0. The minimum Gasteiger partial charge on any atom is -0.486 e. The fourth-order valence-corrected chi connectivity index (χ4v) is 1.83. The van der Waals surface area contributed by atoms with E-state index in [0.717, 1.165) is 11.1 Å². The Balaban J connectivity index is 2.47. The van der Waals surface area contributed by atoms with Crippen LogP contribution in [0.4, 0.5) is 0 Å². The standard InChI is InChI=1S/C11H10ClNO3/c1-7-10(12)8(5-13-6-14)4-9-11(7)16-3-2-15-9/h4H,2-3,5H2,1H3. The average Bonchev–Trinajstić information content (AvgIpc) is 2.32. The van der Waals surface area contributed by atoms with Gasteiger partial charge in [-0.05, 0) is 18.6 Å². The molecule has 0 N–H and O–H groups in total. The largest absolute Gasteiger partial charge is 0.486 e. The SMILES string of the molecule is Cc1c(Cl)c(CN=C=O)cc2c1OCCO2. The summed E-state index contributed by atoms with van der Waals surface area (Å²) in [5.74, 6) is 1.33. The van der Waals surface area contributed by atoms with Crippen LogP contribution in [0.15, 0.2) is 11.1 Å². The monoisotopic (exact) mass is 239 g/mol. The topological polar surface area (TPSA) is 47.9 Å². The number of nitrogens with zero attached hydrogens (tertiary/aromatic N) is 1. The van der Waals surface area contributed by atoms with E-state index >= 15 is 0 Å². The third-order valence-corrected chi connectivity index (χ3v) is 2.91. The van der Waals surface area contributed by atoms with E-state index in [0.29, 0.717) is 29.7 Å². The van der Waals surface area contributed by atoms with E-state index in [1.165, 1.54) is 6.08 Å². The van der Waals surface area contributed by atoms with Crippen molar-refractivity contribution in [2.24, 2.45) is 4.99 Å². The van der Waals surface area contributed by atoms with Gasteiger partial charge in [-0.3, -0.25) is 0 Å². The number of benzene rings is 1. The molecule has 0 aliphatic carbocycles. The quantitative estimate of drug-likeness (QED) is 0.588. The lowest BCUT2D eigenvalue weighted by Crippen LogP contribution is -2.16. The number of halogens is 1. The van der Waals surface area contributed by atoms with Gasteiger partial charge in [0.2, 0.25) is 6.08 Å². The van der Waals surface area contributed by atoms with Crippen molar-refractivity contribution in [3.63, 3.8) is 0 Å². The van der Waals surface area contributed by atoms with E-state index in [1.54, 1.807) is 6.07 Å². The zero-order valence-corrected chi connectivity index (χ0v) is 9.50. The number of carbonyl (C=O) groups excluding carboxylic acids is 1. The highest BCUT2D eigenvalue weighted by molar-refractivity contribution is 6.32. The molecule has 1 heterocycles. The van der Waals surface area contributed by atoms with E-state index in [9.17, 15) is 4.79 Å². The first-order valence-corrected chi connectivity index (χ1v) is 5.23. The summed E-state index contributed by atoms with van der Waals surface area (Å²) >= 11 is 6.14. The molecule has 0 fully saturated rings. The zero-order chi connectivity index (χ0) is 11.5. The van der Waals surface area contributed by atoms with Crippen LogP contribution < -0.4 is 9.47 Å². The maximum atomic E-state index is 10.1. The van der Waals surface area contributed by atoms with Gasteiger partial charge in [0.25, 0.3) is 0 Å². The lowest BCUT2D eigenvalue weighted by atomic mass is 10.1. The Bertz CT molecular complexity index is 467. The smallest absolute Gasteiger partial charge is 0.235 e. The minimum atomic E-state index is 0.208. The van der Waals surface area contributed by atoms with Crippen LogP contribution >= 0.6 is 11.6 Å². The van der Waals surface area contributed by atoms with E-state index in [-0.39, 0.29) is 6.54 Å². The minimum absolute atomic E-state index is 0.208. The summed E-state index contributed by atoms with van der Waals surface area (Å²) in [6.45, 7) is 3.10. The second-order valence-corrected chi connectivity index (χ2v) is 3.78. The van der Waals surface area contributed by atoms with Crippen molar-refractivity contribution in [1.29, 1.82) is 0 Å². The van der Waals surface area contributed by atoms with Crippen LogP contribution in [0.25, 0.3) is 0 Å². The van der Waals surface area contributed by atoms with Gasteiger partial charge in [0.05, 0.1) is 11.6 Å². The van der Waals surface area contributed by atoms with Crippen molar-refractivity contribution in [3.8, 4) is 11.5 Å². The molecule has 1 aliphatic heterocycles. The lowest BCUT2D eigenvalue weighted by Gasteiger charge is -2.21. The fourth-order valence-electron chi connectivity index (χ4n) is 1.63. The first kappa shape index (κ1) is 11.0. The number of aliphatic imine (C=N–C) groups is 1. The van der Waals surface area contributed by atoms with Gasteiger partial charge in [-0.25, -0.2) is 9.79 Å². The Kier molecular flexibility index (Phi) is 3.13. The van der Waals surface area contributed by atoms with E-state index in [1.807, 2.05) is 6.92 Å². The molecule has 0 aromatic heterocycles. The van der Waals surface area contributed by atoms with Crippen molar-refractivity contribution in [2.45, 2.75) is 13.5 Å². The third kappa shape index (κ3) is 1.90. The predicted molar refractivity (Wildman–Crippen MR) is 59.0 cm³/mol. The van der Waals surface area contributed by atoms with Gasteiger partial charge >= 0.3 is 0 Å². The highest BCUT2D eigenvalue weighted by atomic mass is 35.5. The number of ether oxygens (including phenoxy) is 2. The molecule has 4 nitrogen and oxygen atoms in total. The lowest BCUT2D eigenvalue weighted by molar-refractivity contribution is 0.170. The van der Waals surface area contributed by atoms with E-state index in [4.69, 9.17) is 21.1 Å². The molecule has 84 valence electrons. The first-order chi connectivity index (χ1) is 7.74. The molecule has 5 heteroatoms. The normalized spacial score (nSPS) is 13.1. The Hall–Kier alpha value is -1.51. The molecule has 0 saturated heterocycles. The van der Waals surface area contributed by atoms with Gasteiger partial charge < -0.3 is 9.47 Å². The summed E-state index contributed by atoms with van der Waals surface area (Å²) < 4.78 is 10.9. The van der Waals surface area contributed by atoms with Crippen LogP contribution in [0.5, 0.6) is 11.5 Å². The molecule has 0 spiro atoms. The van der Waals surface area contributed by atoms with Crippen LogP contribution in [0.2, 0.25) is 5.02 Å². The number of fused-ring (bicyclic) bond motifs is 1. The predicted octanol–water partition coefficient (Wildman–Crippen LogP) is 2.26. The fraction of sp³-hybridized carbons (Fsp3) is 0.364. The summed E-state index contributed by atoms with van der Waals surface area (Å²) in [5, 5.41) is 0.559. The Morgan fingerprint density at radius 2 is 2.25 bits per heavy atom. The van der Waals surface area contributed by atoms with Gasteiger partial charge in [-0.2, -0.15) is 0 Å². The summed E-state index contributed by atoms with van der Waals surface area (Å²) in [4.78, 5) is 13.6. The van der Waals surface area contributed by atoms with Gasteiger partial charge in [0.1, 0.15) is 13.2 Å². The van der Waals surface area contributed by atoms with Gasteiger partial charge in [0.15, 0.2) is 11.5 Å². The van der Waals surface area contributed by atoms with Crippen LogP contribution in [-0.4, -0.2) is 19.3 Å². The van der Waals surface area contributed by atoms with Crippen LogP contribution in [0, 0.1) is 6.92 Å². The van der Waals surface area contributed by atoms with Crippen LogP contribution in [-0.2, 0) is 11.3 Å². The maximum Gasteiger partial charge on any atom is 0.235 e. The summed E-state index contributed by atoms with van der Waals surface area (Å²) in [6, 6.07) is 1.75. The first-order valence-electron chi connectivity index (χ1n) is 4.85. The molecule has 0 unspecified atom stereocenters. The molecular weight excluding hydrogens is 230 g/mol. The van der Waals surface area contributed by atoms with Crippen molar-refractivity contribution in [3.05, 3.63) is 22.2 Å². The Morgan fingerprint density at radius 1 is 1.50 bits per heavy atom. The molecule has 1 aromatic carbocycles. The number of isocyanates is 1. The second-order valence-electron chi connectivity index (χ2n) is 3.41. The van der Waals surface area contributed by atoms with Crippen molar-refractivity contribution >= 4 is 17.7 Å². The highest BCUT2D eigenvalue weighted by Gasteiger charge is 2.19. The number of rotatable bonds is 2. The van der Waals surface area contributed by atoms with Crippen molar-refractivity contribution in [2.75, 3.05) is 13.2 Å². The second kappa shape index (κ2) is 4.56. The summed E-state index contributed by atoms with van der Waals surface area (Å²) in [6.07, 6.45) is 1.49. The van der Waals surface area contributed by atoms with Crippen molar-refractivity contribution < 1.29 is 14.3 Å². The summed E-state index contributed by atoms with van der Waals surface area (Å²) in [5.41, 5.74) is 1.56.